The number of fused-ring (bicyclic) bond motifs is 1. The lowest BCUT2D eigenvalue weighted by Crippen LogP contribution is -2.32. The number of methoxy groups -OCH3 is 1. The number of carbonyl (C=O) groups is 2. The van der Waals surface area contributed by atoms with Gasteiger partial charge in [-0.15, -0.1) is 0 Å². The number of carbonyl (C=O) groups excluding carboxylic acids is 2. The highest BCUT2D eigenvalue weighted by Crippen LogP contribution is 2.15. The molecule has 0 bridgehead atoms. The summed E-state index contributed by atoms with van der Waals surface area (Å²) in [6, 6.07) is 14.1. The van der Waals surface area contributed by atoms with E-state index < -0.39 is 0 Å². The Morgan fingerprint density at radius 3 is 2.47 bits per heavy atom. The molecule has 0 saturated carbocycles. The predicted molar refractivity (Wildman–Crippen MR) is 124 cm³/mol. The van der Waals surface area contributed by atoms with Crippen LogP contribution in [0, 0.1) is 5.92 Å². The zero-order valence-electron chi connectivity index (χ0n) is 18.6. The molecule has 0 aliphatic rings. The SMILES string of the molecule is COc1ccc(NC(=O)Cn2c(=O)c(CCC(=O)NCC(C)C)nc3ccccc32)cc1. The number of benzene rings is 2. The van der Waals surface area contributed by atoms with E-state index in [1.807, 2.05) is 19.9 Å². The van der Waals surface area contributed by atoms with Crippen LogP contribution in [0.1, 0.15) is 26.0 Å². The average Bonchev–Trinajstić information content (AvgIpc) is 2.79. The molecule has 0 atom stereocenters. The first kappa shape index (κ1) is 23.0. The standard InChI is InChI=1S/C24H28N4O4/c1-16(2)14-25-22(29)13-12-20-24(31)28(21-7-5-4-6-19(21)27-20)15-23(30)26-17-8-10-18(32-3)11-9-17/h4-11,16H,12-15H2,1-3H3,(H,25,29)(H,26,30). The van der Waals surface area contributed by atoms with E-state index in [9.17, 15) is 14.4 Å². The van der Waals surface area contributed by atoms with Crippen molar-refractivity contribution in [3.05, 3.63) is 64.6 Å². The number of ether oxygens (including phenoxy) is 1. The Morgan fingerprint density at radius 1 is 1.06 bits per heavy atom. The monoisotopic (exact) mass is 436 g/mol. The zero-order chi connectivity index (χ0) is 23.1. The van der Waals surface area contributed by atoms with E-state index in [1.54, 1.807) is 49.6 Å². The maximum absolute atomic E-state index is 13.1. The predicted octanol–water partition coefficient (Wildman–Crippen LogP) is 2.75. The Bertz CT molecular complexity index is 1150. The molecule has 8 heteroatoms. The summed E-state index contributed by atoms with van der Waals surface area (Å²) in [5, 5.41) is 5.63. The fourth-order valence-corrected chi connectivity index (χ4v) is 3.22. The molecule has 32 heavy (non-hydrogen) atoms. The number of hydrogen-bond acceptors (Lipinski definition) is 5. The second-order valence-corrected chi connectivity index (χ2v) is 7.91. The normalized spacial score (nSPS) is 10.9. The summed E-state index contributed by atoms with van der Waals surface area (Å²) in [5.74, 6) is 0.562. The minimum atomic E-state index is -0.370. The van der Waals surface area contributed by atoms with Crippen molar-refractivity contribution in [2.24, 2.45) is 5.92 Å². The Kier molecular flexibility index (Phi) is 7.59. The molecule has 2 aromatic carbocycles. The van der Waals surface area contributed by atoms with E-state index in [4.69, 9.17) is 4.74 Å². The molecule has 2 N–H and O–H groups in total. The van der Waals surface area contributed by atoms with Gasteiger partial charge < -0.3 is 15.4 Å². The maximum Gasteiger partial charge on any atom is 0.273 e. The van der Waals surface area contributed by atoms with Gasteiger partial charge in [0, 0.05) is 25.1 Å². The molecule has 8 nitrogen and oxygen atoms in total. The Labute approximate surface area is 186 Å². The van der Waals surface area contributed by atoms with Crippen molar-refractivity contribution >= 4 is 28.5 Å². The molecule has 1 heterocycles. The minimum absolute atomic E-state index is 0.128. The lowest BCUT2D eigenvalue weighted by molar-refractivity contribution is -0.121. The summed E-state index contributed by atoms with van der Waals surface area (Å²) in [6.07, 6.45) is 0.360. The number of aryl methyl sites for hydroxylation is 1. The van der Waals surface area contributed by atoms with Gasteiger partial charge in [0.15, 0.2) is 0 Å². The summed E-state index contributed by atoms with van der Waals surface area (Å²) in [5.41, 5.74) is 1.66. The molecule has 0 aliphatic heterocycles. The minimum Gasteiger partial charge on any atom is -0.497 e. The molecule has 0 spiro atoms. The van der Waals surface area contributed by atoms with Gasteiger partial charge >= 0.3 is 0 Å². The van der Waals surface area contributed by atoms with Crippen LogP contribution in [0.2, 0.25) is 0 Å². The van der Waals surface area contributed by atoms with Crippen molar-refractivity contribution in [2.45, 2.75) is 33.2 Å². The van der Waals surface area contributed by atoms with Crippen LogP contribution in [0.4, 0.5) is 5.69 Å². The van der Waals surface area contributed by atoms with Crippen LogP contribution in [0.25, 0.3) is 11.0 Å². The molecule has 2 amide bonds. The first-order chi connectivity index (χ1) is 15.4. The van der Waals surface area contributed by atoms with Gasteiger partial charge in [0.25, 0.3) is 5.56 Å². The molecular weight excluding hydrogens is 408 g/mol. The Balaban J connectivity index is 1.80. The van der Waals surface area contributed by atoms with Gasteiger partial charge in [-0.2, -0.15) is 0 Å². The van der Waals surface area contributed by atoms with Gasteiger partial charge in [-0.1, -0.05) is 26.0 Å². The molecule has 3 aromatic rings. The summed E-state index contributed by atoms with van der Waals surface area (Å²) in [7, 11) is 1.57. The van der Waals surface area contributed by atoms with Gasteiger partial charge in [0.1, 0.15) is 18.0 Å². The first-order valence-corrected chi connectivity index (χ1v) is 10.6. The fourth-order valence-electron chi connectivity index (χ4n) is 3.22. The van der Waals surface area contributed by atoms with Crippen molar-refractivity contribution in [1.82, 2.24) is 14.9 Å². The van der Waals surface area contributed by atoms with E-state index in [0.29, 0.717) is 34.9 Å². The number of amides is 2. The van der Waals surface area contributed by atoms with Crippen molar-refractivity contribution < 1.29 is 14.3 Å². The summed E-state index contributed by atoms with van der Waals surface area (Å²) >= 11 is 0. The third kappa shape index (κ3) is 5.94. The van der Waals surface area contributed by atoms with Gasteiger partial charge in [-0.05, 0) is 42.3 Å². The van der Waals surface area contributed by atoms with Gasteiger partial charge in [0.05, 0.1) is 18.1 Å². The third-order valence-electron chi connectivity index (χ3n) is 4.89. The zero-order valence-corrected chi connectivity index (χ0v) is 18.6. The molecule has 0 aliphatic carbocycles. The second-order valence-electron chi connectivity index (χ2n) is 7.91. The van der Waals surface area contributed by atoms with E-state index in [1.165, 1.54) is 4.57 Å². The molecule has 168 valence electrons. The quantitative estimate of drug-likeness (QED) is 0.537. The highest BCUT2D eigenvalue weighted by molar-refractivity contribution is 5.91. The van der Waals surface area contributed by atoms with E-state index in [0.717, 1.165) is 0 Å². The van der Waals surface area contributed by atoms with Crippen molar-refractivity contribution in [2.75, 3.05) is 19.0 Å². The smallest absolute Gasteiger partial charge is 0.273 e. The fraction of sp³-hybridized carbons (Fsp3) is 0.333. The summed E-state index contributed by atoms with van der Waals surface area (Å²) in [6.45, 7) is 4.45. The van der Waals surface area contributed by atoms with Gasteiger partial charge in [-0.3, -0.25) is 19.0 Å². The number of nitrogens with one attached hydrogen (secondary N) is 2. The molecule has 0 saturated heterocycles. The Morgan fingerprint density at radius 2 is 1.78 bits per heavy atom. The molecule has 3 rings (SSSR count). The number of rotatable bonds is 9. The van der Waals surface area contributed by atoms with Crippen LogP contribution < -0.4 is 20.9 Å². The topological polar surface area (TPSA) is 102 Å². The van der Waals surface area contributed by atoms with Crippen LogP contribution in [0.3, 0.4) is 0 Å². The lowest BCUT2D eigenvalue weighted by atomic mass is 10.2. The highest BCUT2D eigenvalue weighted by Gasteiger charge is 2.15. The molecule has 0 fully saturated rings. The lowest BCUT2D eigenvalue weighted by Gasteiger charge is -2.13. The maximum atomic E-state index is 13.1. The van der Waals surface area contributed by atoms with Gasteiger partial charge in [-0.25, -0.2) is 4.98 Å². The third-order valence-corrected chi connectivity index (χ3v) is 4.89. The molecule has 1 aromatic heterocycles. The van der Waals surface area contributed by atoms with Crippen LogP contribution in [0.15, 0.2) is 53.3 Å². The van der Waals surface area contributed by atoms with E-state index >= 15 is 0 Å². The number of anilines is 1. The number of para-hydroxylation sites is 2. The first-order valence-electron chi connectivity index (χ1n) is 10.6. The van der Waals surface area contributed by atoms with Gasteiger partial charge in [0.2, 0.25) is 11.8 Å². The number of aromatic nitrogens is 2. The summed E-state index contributed by atoms with van der Waals surface area (Å²) < 4.78 is 6.53. The van der Waals surface area contributed by atoms with Crippen LogP contribution >= 0.6 is 0 Å². The molecule has 0 unspecified atom stereocenters. The molecular formula is C24H28N4O4. The average molecular weight is 437 g/mol. The largest absolute Gasteiger partial charge is 0.497 e. The Hall–Kier alpha value is -3.68. The van der Waals surface area contributed by atoms with Crippen molar-refractivity contribution in [3.63, 3.8) is 0 Å². The number of hydrogen-bond donors (Lipinski definition) is 2. The van der Waals surface area contributed by atoms with E-state index in [-0.39, 0.29) is 42.5 Å². The van der Waals surface area contributed by atoms with Crippen molar-refractivity contribution in [3.8, 4) is 5.75 Å². The summed E-state index contributed by atoms with van der Waals surface area (Å²) in [4.78, 5) is 42.3. The van der Waals surface area contributed by atoms with Crippen molar-refractivity contribution in [1.29, 1.82) is 0 Å². The number of nitrogens with zero attached hydrogens (tertiary/aromatic N) is 2. The van der Waals surface area contributed by atoms with Crippen LogP contribution in [-0.4, -0.2) is 35.0 Å². The van der Waals surface area contributed by atoms with Crippen LogP contribution in [0.5, 0.6) is 5.75 Å². The van der Waals surface area contributed by atoms with E-state index in [2.05, 4.69) is 15.6 Å². The van der Waals surface area contributed by atoms with Crippen LogP contribution in [-0.2, 0) is 22.6 Å². The highest BCUT2D eigenvalue weighted by atomic mass is 16.5. The molecule has 0 radical (unpaired) electrons. The second kappa shape index (κ2) is 10.6.